The Morgan fingerprint density at radius 2 is 1.90 bits per heavy atom. The zero-order valence-corrected chi connectivity index (χ0v) is 14.0. The summed E-state index contributed by atoms with van der Waals surface area (Å²) in [7, 11) is 0. The second-order valence-corrected chi connectivity index (χ2v) is 6.32. The molecule has 0 radical (unpaired) electrons. The van der Waals surface area contributed by atoms with Gasteiger partial charge in [0.05, 0.1) is 6.10 Å². The highest BCUT2D eigenvalue weighted by atomic mass is 79.9. The molecular weight excluding hydrogens is 380 g/mol. The van der Waals surface area contributed by atoms with Crippen molar-refractivity contribution in [3.8, 4) is 0 Å². The first-order valence-corrected chi connectivity index (χ1v) is 7.77. The van der Waals surface area contributed by atoms with E-state index in [0.717, 1.165) is 4.47 Å². The maximum atomic E-state index is 14.1. The Balaban J connectivity index is 2.48. The van der Waals surface area contributed by atoms with Crippen molar-refractivity contribution in [2.75, 3.05) is 6.54 Å². The molecule has 0 fully saturated rings. The van der Waals surface area contributed by atoms with E-state index in [9.17, 15) is 9.50 Å². The largest absolute Gasteiger partial charge is 0.388 e. The number of hydrogen-bond acceptors (Lipinski definition) is 2. The number of halogens is 4. The molecule has 0 heterocycles. The van der Waals surface area contributed by atoms with Crippen LogP contribution in [0.1, 0.15) is 23.1 Å². The molecule has 2 rings (SSSR count). The van der Waals surface area contributed by atoms with Gasteiger partial charge < -0.3 is 10.8 Å². The molecule has 0 bridgehead atoms. The molecule has 0 saturated carbocycles. The Hall–Kier alpha value is -0.650. The van der Waals surface area contributed by atoms with Crippen LogP contribution < -0.4 is 5.73 Å². The van der Waals surface area contributed by atoms with Crippen LogP contribution in [0.25, 0.3) is 0 Å². The van der Waals surface area contributed by atoms with Crippen molar-refractivity contribution in [2.45, 2.75) is 12.0 Å². The number of benzene rings is 2. The third-order valence-corrected chi connectivity index (χ3v) is 4.45. The van der Waals surface area contributed by atoms with E-state index in [0.29, 0.717) is 10.6 Å². The number of aliphatic hydroxyl groups excluding tert-OH is 1. The average molecular weight is 393 g/mol. The van der Waals surface area contributed by atoms with Gasteiger partial charge in [0, 0.05) is 38.1 Å². The Morgan fingerprint density at radius 3 is 2.52 bits per heavy atom. The van der Waals surface area contributed by atoms with Crippen molar-refractivity contribution in [3.05, 3.63) is 67.9 Å². The molecule has 2 unspecified atom stereocenters. The van der Waals surface area contributed by atoms with E-state index in [2.05, 4.69) is 15.9 Å². The third kappa shape index (κ3) is 3.58. The average Bonchev–Trinajstić information content (AvgIpc) is 2.45. The van der Waals surface area contributed by atoms with E-state index in [1.807, 2.05) is 0 Å². The lowest BCUT2D eigenvalue weighted by Crippen LogP contribution is -2.22. The van der Waals surface area contributed by atoms with Gasteiger partial charge >= 0.3 is 0 Å². The zero-order chi connectivity index (χ0) is 15.6. The summed E-state index contributed by atoms with van der Waals surface area (Å²) in [6.45, 7) is 0.0324. The van der Waals surface area contributed by atoms with Crippen molar-refractivity contribution in [2.24, 2.45) is 5.73 Å². The fourth-order valence-electron chi connectivity index (χ4n) is 2.23. The minimum Gasteiger partial charge on any atom is -0.388 e. The molecule has 2 atom stereocenters. The Labute approximate surface area is 140 Å². The van der Waals surface area contributed by atoms with Gasteiger partial charge in [0.2, 0.25) is 0 Å². The van der Waals surface area contributed by atoms with Crippen molar-refractivity contribution < 1.29 is 9.50 Å². The van der Waals surface area contributed by atoms with Crippen molar-refractivity contribution >= 4 is 39.1 Å². The van der Waals surface area contributed by atoms with Gasteiger partial charge in [-0.1, -0.05) is 45.2 Å². The van der Waals surface area contributed by atoms with E-state index < -0.39 is 17.8 Å². The SMILES string of the molecule is NCC(c1c(F)cccc1Cl)C(O)c1cc(Br)ccc1Cl. The van der Waals surface area contributed by atoms with Crippen LogP contribution in [-0.4, -0.2) is 11.7 Å². The molecule has 0 aliphatic rings. The quantitative estimate of drug-likeness (QED) is 0.793. The minimum atomic E-state index is -1.06. The molecule has 0 aliphatic carbocycles. The monoisotopic (exact) mass is 391 g/mol. The predicted molar refractivity (Wildman–Crippen MR) is 87.3 cm³/mol. The minimum absolute atomic E-state index is 0.0324. The van der Waals surface area contributed by atoms with E-state index in [4.69, 9.17) is 28.9 Å². The van der Waals surface area contributed by atoms with Crippen LogP contribution in [-0.2, 0) is 0 Å². The molecule has 112 valence electrons. The summed E-state index contributed by atoms with van der Waals surface area (Å²) in [5.41, 5.74) is 6.40. The van der Waals surface area contributed by atoms with Crippen LogP contribution in [0, 0.1) is 5.82 Å². The van der Waals surface area contributed by atoms with E-state index in [1.54, 1.807) is 24.3 Å². The first-order valence-electron chi connectivity index (χ1n) is 6.22. The standard InChI is InChI=1S/C15H13BrCl2FNO/c16-8-4-5-11(17)9(6-8)15(21)10(7-20)14-12(18)2-1-3-13(14)19/h1-6,10,15,21H,7,20H2. The lowest BCUT2D eigenvalue weighted by molar-refractivity contribution is 0.146. The first-order chi connectivity index (χ1) is 9.95. The summed E-state index contributed by atoms with van der Waals surface area (Å²) in [5, 5.41) is 11.2. The van der Waals surface area contributed by atoms with Crippen LogP contribution in [0.15, 0.2) is 40.9 Å². The van der Waals surface area contributed by atoms with Gasteiger partial charge in [-0.05, 0) is 30.3 Å². The second kappa shape index (κ2) is 7.07. The van der Waals surface area contributed by atoms with Gasteiger partial charge in [-0.25, -0.2) is 4.39 Å². The molecule has 2 nitrogen and oxygen atoms in total. The smallest absolute Gasteiger partial charge is 0.128 e. The molecule has 0 aromatic heterocycles. The molecule has 0 spiro atoms. The maximum Gasteiger partial charge on any atom is 0.128 e. The van der Waals surface area contributed by atoms with Crippen LogP contribution in [0.2, 0.25) is 10.0 Å². The zero-order valence-electron chi connectivity index (χ0n) is 10.9. The molecule has 3 N–H and O–H groups in total. The highest BCUT2D eigenvalue weighted by molar-refractivity contribution is 9.10. The fourth-order valence-corrected chi connectivity index (χ4v) is 3.14. The summed E-state index contributed by atoms with van der Waals surface area (Å²) in [6.07, 6.45) is -1.06. The molecule has 6 heteroatoms. The first kappa shape index (κ1) is 16.7. The van der Waals surface area contributed by atoms with Gasteiger partial charge in [0.15, 0.2) is 0 Å². The molecule has 2 aromatic rings. The van der Waals surface area contributed by atoms with E-state index in [1.165, 1.54) is 12.1 Å². The Bertz CT molecular complexity index is 633. The van der Waals surface area contributed by atoms with Crippen molar-refractivity contribution in [3.63, 3.8) is 0 Å². The van der Waals surface area contributed by atoms with Gasteiger partial charge in [-0.15, -0.1) is 0 Å². The summed E-state index contributed by atoms with van der Waals surface area (Å²) < 4.78 is 14.8. The number of aliphatic hydroxyl groups is 1. The topological polar surface area (TPSA) is 46.2 Å². The van der Waals surface area contributed by atoms with E-state index in [-0.39, 0.29) is 17.1 Å². The summed E-state index contributed by atoms with van der Waals surface area (Å²) in [4.78, 5) is 0. The maximum absolute atomic E-state index is 14.1. The molecular formula is C15H13BrCl2FNO. The lowest BCUT2D eigenvalue weighted by Gasteiger charge is -2.24. The van der Waals surface area contributed by atoms with Gasteiger partial charge in [0.25, 0.3) is 0 Å². The van der Waals surface area contributed by atoms with Crippen LogP contribution >= 0.6 is 39.1 Å². The summed E-state index contributed by atoms with van der Waals surface area (Å²) in [6, 6.07) is 9.46. The molecule has 0 saturated heterocycles. The highest BCUT2D eigenvalue weighted by Crippen LogP contribution is 2.38. The number of rotatable bonds is 4. The second-order valence-electron chi connectivity index (χ2n) is 4.59. The summed E-state index contributed by atoms with van der Waals surface area (Å²) >= 11 is 15.5. The molecule has 2 aromatic carbocycles. The Morgan fingerprint density at radius 1 is 1.19 bits per heavy atom. The lowest BCUT2D eigenvalue weighted by atomic mass is 9.88. The van der Waals surface area contributed by atoms with Crippen LogP contribution in [0.5, 0.6) is 0 Å². The van der Waals surface area contributed by atoms with Crippen LogP contribution in [0.4, 0.5) is 4.39 Å². The molecule has 0 aliphatic heterocycles. The van der Waals surface area contributed by atoms with Gasteiger partial charge in [-0.2, -0.15) is 0 Å². The predicted octanol–water partition coefficient (Wildman–Crippen LogP) is 4.67. The Kier molecular flexibility index (Phi) is 5.63. The normalized spacial score (nSPS) is 14.0. The number of nitrogens with two attached hydrogens (primary N) is 1. The van der Waals surface area contributed by atoms with Crippen LogP contribution in [0.3, 0.4) is 0 Å². The van der Waals surface area contributed by atoms with Crippen molar-refractivity contribution in [1.82, 2.24) is 0 Å². The molecule has 0 amide bonds. The van der Waals surface area contributed by atoms with Gasteiger partial charge in [-0.3, -0.25) is 0 Å². The van der Waals surface area contributed by atoms with Gasteiger partial charge in [0.1, 0.15) is 5.82 Å². The highest BCUT2D eigenvalue weighted by Gasteiger charge is 2.27. The molecule has 21 heavy (non-hydrogen) atoms. The number of hydrogen-bond donors (Lipinski definition) is 2. The third-order valence-electron chi connectivity index (χ3n) is 3.28. The summed E-state index contributed by atoms with van der Waals surface area (Å²) in [5.74, 6) is -1.19. The fraction of sp³-hybridized carbons (Fsp3) is 0.200. The van der Waals surface area contributed by atoms with E-state index >= 15 is 0 Å². The van der Waals surface area contributed by atoms with Crippen molar-refractivity contribution in [1.29, 1.82) is 0 Å².